The Balaban J connectivity index is 2.63. The van der Waals surface area contributed by atoms with Crippen molar-refractivity contribution in [1.82, 2.24) is 9.97 Å². The average molecular weight is 286 g/mol. The minimum absolute atomic E-state index is 0.428. The van der Waals surface area contributed by atoms with E-state index >= 15 is 0 Å². The van der Waals surface area contributed by atoms with Gasteiger partial charge in [0.15, 0.2) is 0 Å². The molecule has 9 heteroatoms. The van der Waals surface area contributed by atoms with Gasteiger partial charge < -0.3 is 4.98 Å². The predicted octanol–water partition coefficient (Wildman–Crippen LogP) is 0.897. The smallest absolute Gasteiger partial charge is 0.318 e. The second-order valence-corrected chi connectivity index (χ2v) is 5.10. The van der Waals surface area contributed by atoms with Crippen molar-refractivity contribution in [1.29, 1.82) is 0 Å². The Bertz CT molecular complexity index is 675. The Hall–Kier alpha value is -1.57. The van der Waals surface area contributed by atoms with Gasteiger partial charge in [0.05, 0.1) is 25.3 Å². The summed E-state index contributed by atoms with van der Waals surface area (Å²) in [5.41, 5.74) is -0.236. The maximum absolute atomic E-state index is 12.3. The van der Waals surface area contributed by atoms with Gasteiger partial charge in [-0.3, -0.25) is 4.79 Å². The van der Waals surface area contributed by atoms with Crippen LogP contribution >= 0.6 is 7.60 Å². The summed E-state index contributed by atoms with van der Waals surface area (Å²) in [6, 6.07) is 6.75. The molecular weight excluding hydrogens is 275 g/mol. The van der Waals surface area contributed by atoms with Crippen LogP contribution in [0.3, 0.4) is 0 Å². The van der Waals surface area contributed by atoms with E-state index in [2.05, 4.69) is 29.1 Å². The normalized spacial score (nSPS) is 11.9. The molecule has 0 spiro atoms. The molecule has 0 fully saturated rings. The number of hydrogen-bond donors (Lipinski definition) is 1. The molecule has 0 saturated carbocycles. The van der Waals surface area contributed by atoms with E-state index in [1.54, 1.807) is 24.3 Å². The molecule has 0 aliphatic heterocycles. The molecule has 0 saturated heterocycles. The molecule has 0 radical (unpaired) electrons. The Labute approximate surface area is 107 Å². The zero-order chi connectivity index (χ0) is 13.9. The number of nitrogens with one attached hydrogen (secondary N) is 1. The van der Waals surface area contributed by atoms with Crippen molar-refractivity contribution in [2.24, 2.45) is 0 Å². The molecule has 1 heterocycles. The van der Waals surface area contributed by atoms with E-state index < -0.39 is 18.6 Å². The molecule has 2 rings (SSSR count). The Kier molecular flexibility index (Phi) is 4.08. The standard InChI is InChI=1S/C10H11N2O6P/c1-15-17-19(14,18-16-2)10-9(13)11-7-5-3-4-6-8(7)12-10/h3-6H,1-2H3,(H,11,13). The average Bonchev–Trinajstić information content (AvgIpc) is 2.38. The third-order valence-corrected chi connectivity index (χ3v) is 3.70. The van der Waals surface area contributed by atoms with Gasteiger partial charge in [0, 0.05) is 0 Å². The van der Waals surface area contributed by atoms with E-state index in [0.717, 1.165) is 14.2 Å². The number of H-pyrrole nitrogens is 1. The lowest BCUT2D eigenvalue weighted by atomic mass is 10.3. The summed E-state index contributed by atoms with van der Waals surface area (Å²) in [5.74, 6) is 0. The maximum Gasteiger partial charge on any atom is 0.438 e. The summed E-state index contributed by atoms with van der Waals surface area (Å²) in [6.45, 7) is 0. The lowest BCUT2D eigenvalue weighted by Gasteiger charge is -2.12. The number of aromatic amines is 1. The van der Waals surface area contributed by atoms with Crippen molar-refractivity contribution in [3.05, 3.63) is 34.6 Å². The van der Waals surface area contributed by atoms with Gasteiger partial charge in [0.1, 0.15) is 0 Å². The summed E-state index contributed by atoms with van der Waals surface area (Å²) in [4.78, 5) is 27.0. The van der Waals surface area contributed by atoms with E-state index in [-0.39, 0.29) is 0 Å². The van der Waals surface area contributed by atoms with Crippen molar-refractivity contribution in [3.63, 3.8) is 0 Å². The van der Waals surface area contributed by atoms with Crippen LogP contribution in [0.5, 0.6) is 0 Å². The fourth-order valence-corrected chi connectivity index (χ4v) is 2.58. The number of para-hydroxylation sites is 2. The Morgan fingerprint density at radius 2 is 1.79 bits per heavy atom. The van der Waals surface area contributed by atoms with Crippen LogP contribution in [-0.4, -0.2) is 24.2 Å². The highest BCUT2D eigenvalue weighted by Gasteiger charge is 2.36. The molecule has 0 amide bonds. The van der Waals surface area contributed by atoms with Crippen molar-refractivity contribution in [2.45, 2.75) is 0 Å². The molecule has 0 aliphatic carbocycles. The van der Waals surface area contributed by atoms with Gasteiger partial charge >= 0.3 is 7.60 Å². The van der Waals surface area contributed by atoms with E-state index in [0.29, 0.717) is 11.0 Å². The number of hydrogen-bond acceptors (Lipinski definition) is 7. The minimum atomic E-state index is -4.11. The molecule has 0 unspecified atom stereocenters. The van der Waals surface area contributed by atoms with Gasteiger partial charge in [-0.05, 0) is 12.1 Å². The van der Waals surface area contributed by atoms with Crippen molar-refractivity contribution in [2.75, 3.05) is 14.2 Å². The first-order valence-electron chi connectivity index (χ1n) is 5.15. The zero-order valence-corrected chi connectivity index (χ0v) is 11.0. The monoisotopic (exact) mass is 286 g/mol. The third-order valence-electron chi connectivity index (χ3n) is 2.19. The zero-order valence-electron chi connectivity index (χ0n) is 10.2. The first-order valence-corrected chi connectivity index (χ1v) is 6.69. The second kappa shape index (κ2) is 5.60. The van der Waals surface area contributed by atoms with Crippen LogP contribution in [0.15, 0.2) is 29.1 Å². The minimum Gasteiger partial charge on any atom is -0.318 e. The highest BCUT2D eigenvalue weighted by molar-refractivity contribution is 7.61. The van der Waals surface area contributed by atoms with Gasteiger partial charge in [-0.15, -0.1) is 9.35 Å². The molecule has 19 heavy (non-hydrogen) atoms. The highest BCUT2D eigenvalue weighted by atomic mass is 31.2. The number of rotatable bonds is 5. The summed E-state index contributed by atoms with van der Waals surface area (Å²) in [5, 5.41) is 0. The summed E-state index contributed by atoms with van der Waals surface area (Å²) in [6.07, 6.45) is 0. The van der Waals surface area contributed by atoms with Gasteiger partial charge in [0.25, 0.3) is 5.56 Å². The van der Waals surface area contributed by atoms with Gasteiger partial charge in [-0.25, -0.2) is 19.3 Å². The molecule has 2 aromatic rings. The number of aromatic nitrogens is 2. The van der Waals surface area contributed by atoms with Crippen molar-refractivity contribution >= 4 is 24.1 Å². The first-order chi connectivity index (χ1) is 9.10. The number of fused-ring (bicyclic) bond motifs is 1. The van der Waals surface area contributed by atoms with Crippen LogP contribution < -0.4 is 11.0 Å². The van der Waals surface area contributed by atoms with Crippen LogP contribution in [0.4, 0.5) is 0 Å². The largest absolute Gasteiger partial charge is 0.438 e. The second-order valence-electron chi connectivity index (χ2n) is 3.39. The van der Waals surface area contributed by atoms with Crippen molar-refractivity contribution < 1.29 is 23.7 Å². The van der Waals surface area contributed by atoms with Gasteiger partial charge in [-0.1, -0.05) is 12.1 Å². The number of benzene rings is 1. The Morgan fingerprint density at radius 3 is 2.42 bits per heavy atom. The summed E-state index contributed by atoms with van der Waals surface area (Å²) >= 11 is 0. The molecule has 1 aromatic carbocycles. The van der Waals surface area contributed by atoms with E-state index in [4.69, 9.17) is 0 Å². The maximum atomic E-state index is 12.3. The molecule has 0 bridgehead atoms. The summed E-state index contributed by atoms with van der Waals surface area (Å²) in [7, 11) is -1.86. The van der Waals surface area contributed by atoms with Crippen LogP contribution in [0.25, 0.3) is 11.0 Å². The molecule has 8 nitrogen and oxygen atoms in total. The lowest BCUT2D eigenvalue weighted by molar-refractivity contribution is -0.239. The molecule has 0 atom stereocenters. The highest BCUT2D eigenvalue weighted by Crippen LogP contribution is 2.45. The van der Waals surface area contributed by atoms with Gasteiger partial charge in [-0.2, -0.15) is 0 Å². The van der Waals surface area contributed by atoms with Crippen LogP contribution in [-0.2, 0) is 23.7 Å². The topological polar surface area (TPSA) is 99.7 Å². The molecule has 102 valence electrons. The lowest BCUT2D eigenvalue weighted by Crippen LogP contribution is -2.31. The van der Waals surface area contributed by atoms with E-state index in [9.17, 15) is 9.36 Å². The molecule has 1 N–H and O–H groups in total. The van der Waals surface area contributed by atoms with Crippen LogP contribution in [0.2, 0.25) is 0 Å². The van der Waals surface area contributed by atoms with Crippen LogP contribution in [0.1, 0.15) is 0 Å². The molecule has 0 aliphatic rings. The molecular formula is C10H11N2O6P. The Morgan fingerprint density at radius 1 is 1.16 bits per heavy atom. The predicted molar refractivity (Wildman–Crippen MR) is 65.8 cm³/mol. The van der Waals surface area contributed by atoms with Crippen LogP contribution in [0, 0.1) is 0 Å². The quantitative estimate of drug-likeness (QED) is 0.495. The van der Waals surface area contributed by atoms with E-state index in [1.807, 2.05) is 0 Å². The fraction of sp³-hybridized carbons (Fsp3) is 0.200. The van der Waals surface area contributed by atoms with Crippen molar-refractivity contribution in [3.8, 4) is 0 Å². The first kappa shape index (κ1) is 13.9. The summed E-state index contributed by atoms with van der Waals surface area (Å²) < 4.78 is 21.3. The number of nitrogens with zero attached hydrogens (tertiary/aromatic N) is 1. The molecule has 1 aromatic heterocycles. The van der Waals surface area contributed by atoms with E-state index in [1.165, 1.54) is 0 Å². The SMILES string of the molecule is COOP(=O)(OOC)c1nc2ccccc2[nH]c1=O. The van der Waals surface area contributed by atoms with Gasteiger partial charge in [0.2, 0.25) is 5.44 Å². The fourth-order valence-electron chi connectivity index (χ4n) is 1.48. The third kappa shape index (κ3) is 2.73.